The normalized spacial score (nSPS) is 19.3. The molecule has 0 unspecified atom stereocenters. The van der Waals surface area contributed by atoms with Gasteiger partial charge in [0.25, 0.3) is 0 Å². The second kappa shape index (κ2) is 7.07. The minimum Gasteiger partial charge on any atom is -0.341 e. The van der Waals surface area contributed by atoms with Crippen molar-refractivity contribution >= 4 is 5.91 Å². The summed E-state index contributed by atoms with van der Waals surface area (Å²) in [6.07, 6.45) is 2.52. The van der Waals surface area contributed by atoms with E-state index in [1.165, 1.54) is 12.1 Å². The minimum atomic E-state index is -0.549. The molecule has 1 aliphatic heterocycles. The number of aromatic nitrogens is 4. The number of rotatable bonds is 4. The molecule has 0 aliphatic carbocycles. The first-order chi connectivity index (χ1) is 11.5. The second-order valence-corrected chi connectivity index (χ2v) is 6.55. The number of hydrogen-bond donors (Lipinski definition) is 0. The van der Waals surface area contributed by atoms with E-state index in [-0.39, 0.29) is 11.7 Å². The lowest BCUT2D eigenvalue weighted by molar-refractivity contribution is -0.136. The Kier molecular flexibility index (Phi) is 4.87. The highest BCUT2D eigenvalue weighted by Crippen LogP contribution is 2.22. The third kappa shape index (κ3) is 3.60. The molecule has 128 valence electrons. The Balaban J connectivity index is 1.87. The first kappa shape index (κ1) is 16.5. The van der Waals surface area contributed by atoms with Gasteiger partial charge in [0.15, 0.2) is 0 Å². The molecule has 1 aromatic carbocycles. The van der Waals surface area contributed by atoms with Crippen LogP contribution in [0.15, 0.2) is 24.3 Å². The Labute approximate surface area is 140 Å². The highest BCUT2D eigenvalue weighted by Gasteiger charge is 2.31. The van der Waals surface area contributed by atoms with Crippen LogP contribution in [0, 0.1) is 18.7 Å². The summed E-state index contributed by atoms with van der Waals surface area (Å²) in [5, 5.41) is 11.5. The molecule has 0 radical (unpaired) electrons. The summed E-state index contributed by atoms with van der Waals surface area (Å²) in [7, 11) is 0. The zero-order valence-electron chi connectivity index (χ0n) is 14.0. The van der Waals surface area contributed by atoms with Crippen molar-refractivity contribution in [3.05, 3.63) is 41.5 Å². The molecule has 6 nitrogen and oxygen atoms in total. The first-order valence-electron chi connectivity index (χ1n) is 8.32. The average molecular weight is 331 g/mol. The molecule has 0 spiro atoms. The summed E-state index contributed by atoms with van der Waals surface area (Å²) in [4.78, 5) is 15.0. The lowest BCUT2D eigenvalue weighted by Crippen LogP contribution is -2.44. The molecule has 0 saturated carbocycles. The van der Waals surface area contributed by atoms with Crippen molar-refractivity contribution in [3.8, 4) is 0 Å². The van der Waals surface area contributed by atoms with Crippen molar-refractivity contribution in [2.75, 3.05) is 13.1 Å². The van der Waals surface area contributed by atoms with Gasteiger partial charge in [-0.3, -0.25) is 4.79 Å². The Bertz CT molecular complexity index is 717. The third-order valence-electron chi connectivity index (χ3n) is 4.52. The van der Waals surface area contributed by atoms with Crippen LogP contribution < -0.4 is 0 Å². The molecular formula is C17H22FN5O. The fourth-order valence-corrected chi connectivity index (χ4v) is 3.29. The van der Waals surface area contributed by atoms with Crippen LogP contribution in [0.25, 0.3) is 0 Å². The van der Waals surface area contributed by atoms with Crippen molar-refractivity contribution in [1.29, 1.82) is 0 Å². The molecule has 0 N–H and O–H groups in total. The Morgan fingerprint density at radius 1 is 1.46 bits per heavy atom. The Hall–Kier alpha value is -2.31. The number of benzene rings is 1. The average Bonchev–Trinajstić information content (AvgIpc) is 2.98. The van der Waals surface area contributed by atoms with Crippen LogP contribution in [0.1, 0.15) is 37.2 Å². The second-order valence-electron chi connectivity index (χ2n) is 6.55. The number of piperidine rings is 1. The summed E-state index contributed by atoms with van der Waals surface area (Å²) in [6.45, 7) is 5.43. The number of likely N-dealkylation sites (tertiary alicyclic amines) is 1. The summed E-state index contributed by atoms with van der Waals surface area (Å²) < 4.78 is 15.1. The van der Waals surface area contributed by atoms with Gasteiger partial charge < -0.3 is 4.90 Å². The third-order valence-corrected chi connectivity index (χ3v) is 4.52. The Morgan fingerprint density at radius 2 is 2.29 bits per heavy atom. The van der Waals surface area contributed by atoms with Crippen molar-refractivity contribution < 1.29 is 9.18 Å². The van der Waals surface area contributed by atoms with Crippen LogP contribution >= 0.6 is 0 Å². The van der Waals surface area contributed by atoms with Gasteiger partial charge in [-0.2, -0.15) is 0 Å². The molecular weight excluding hydrogens is 309 g/mol. The van der Waals surface area contributed by atoms with Gasteiger partial charge in [-0.1, -0.05) is 19.1 Å². The van der Waals surface area contributed by atoms with Gasteiger partial charge in [-0.25, -0.2) is 9.07 Å². The van der Waals surface area contributed by atoms with Crippen LogP contribution in [0.2, 0.25) is 0 Å². The molecule has 1 fully saturated rings. The van der Waals surface area contributed by atoms with E-state index in [4.69, 9.17) is 0 Å². The van der Waals surface area contributed by atoms with Crippen LogP contribution in [0.4, 0.5) is 4.39 Å². The lowest BCUT2D eigenvalue weighted by atomic mass is 9.98. The minimum absolute atomic E-state index is 0.00112. The summed E-state index contributed by atoms with van der Waals surface area (Å²) >= 11 is 0. The molecule has 2 aromatic rings. The van der Waals surface area contributed by atoms with Crippen molar-refractivity contribution in [2.45, 2.75) is 39.2 Å². The molecule has 1 amide bonds. The van der Waals surface area contributed by atoms with Crippen LogP contribution in [0.5, 0.6) is 0 Å². The van der Waals surface area contributed by atoms with Crippen molar-refractivity contribution in [1.82, 2.24) is 25.1 Å². The van der Waals surface area contributed by atoms with Gasteiger partial charge in [0.1, 0.15) is 17.7 Å². The predicted octanol–water partition coefficient (Wildman–Crippen LogP) is 2.16. The number of amides is 1. The Morgan fingerprint density at radius 3 is 2.96 bits per heavy atom. The zero-order chi connectivity index (χ0) is 17.1. The van der Waals surface area contributed by atoms with E-state index < -0.39 is 6.04 Å². The number of halogens is 1. The smallest absolute Gasteiger partial charge is 0.247 e. The number of nitrogens with zero attached hydrogens (tertiary/aromatic N) is 5. The fraction of sp³-hybridized carbons (Fsp3) is 0.529. The fourth-order valence-electron chi connectivity index (χ4n) is 3.29. The molecule has 7 heteroatoms. The highest BCUT2D eigenvalue weighted by molar-refractivity contribution is 5.80. The molecule has 2 atom stereocenters. The maximum absolute atomic E-state index is 13.5. The number of hydrogen-bond acceptors (Lipinski definition) is 4. The van der Waals surface area contributed by atoms with Gasteiger partial charge in [-0.05, 0) is 53.8 Å². The molecule has 1 saturated heterocycles. The van der Waals surface area contributed by atoms with Crippen molar-refractivity contribution in [2.24, 2.45) is 5.92 Å². The largest absolute Gasteiger partial charge is 0.341 e. The summed E-state index contributed by atoms with van der Waals surface area (Å²) in [5.74, 6) is 0.766. The topological polar surface area (TPSA) is 63.9 Å². The van der Waals surface area contributed by atoms with E-state index >= 15 is 0 Å². The maximum atomic E-state index is 13.5. The first-order valence-corrected chi connectivity index (χ1v) is 8.32. The van der Waals surface area contributed by atoms with E-state index in [1.54, 1.807) is 17.7 Å². The van der Waals surface area contributed by atoms with Gasteiger partial charge in [-0.15, -0.1) is 5.10 Å². The SMILES string of the molecule is Cc1nnnn1[C@@H](Cc1cccc(F)c1)C(=O)N1CCC[C@@H](C)C1. The molecule has 1 aromatic heterocycles. The molecule has 0 bridgehead atoms. The van der Waals surface area contributed by atoms with Gasteiger partial charge >= 0.3 is 0 Å². The number of tetrazole rings is 1. The number of carbonyl (C=O) groups excluding carboxylic acids is 1. The molecule has 2 heterocycles. The van der Waals surface area contributed by atoms with Crippen molar-refractivity contribution in [3.63, 3.8) is 0 Å². The highest BCUT2D eigenvalue weighted by atomic mass is 19.1. The van der Waals surface area contributed by atoms with Crippen LogP contribution in [0.3, 0.4) is 0 Å². The standard InChI is InChI=1S/C17H22FN5O/c1-12-5-4-8-22(11-12)17(24)16(23-13(2)19-20-21-23)10-14-6-3-7-15(18)9-14/h3,6-7,9,12,16H,4-5,8,10-11H2,1-2H3/t12-,16+/m1/s1. The van der Waals surface area contributed by atoms with E-state index in [9.17, 15) is 9.18 Å². The van der Waals surface area contributed by atoms with Crippen LogP contribution in [-0.4, -0.2) is 44.1 Å². The summed E-state index contributed by atoms with van der Waals surface area (Å²) in [5.41, 5.74) is 0.758. The van der Waals surface area contributed by atoms with Gasteiger partial charge in [0.2, 0.25) is 5.91 Å². The summed E-state index contributed by atoms with van der Waals surface area (Å²) in [6, 6.07) is 5.78. The molecule has 3 rings (SSSR count). The van der Waals surface area contributed by atoms with E-state index in [1.807, 2.05) is 11.0 Å². The number of carbonyl (C=O) groups is 1. The van der Waals surface area contributed by atoms with Crippen LogP contribution in [-0.2, 0) is 11.2 Å². The maximum Gasteiger partial charge on any atom is 0.247 e. The quantitative estimate of drug-likeness (QED) is 0.861. The van der Waals surface area contributed by atoms with Gasteiger partial charge in [0.05, 0.1) is 0 Å². The number of aryl methyl sites for hydroxylation is 1. The predicted molar refractivity (Wildman–Crippen MR) is 86.7 cm³/mol. The molecule has 24 heavy (non-hydrogen) atoms. The monoisotopic (exact) mass is 331 g/mol. The van der Waals surface area contributed by atoms with Gasteiger partial charge in [0, 0.05) is 19.5 Å². The molecule has 1 aliphatic rings. The lowest BCUT2D eigenvalue weighted by Gasteiger charge is -2.33. The van der Waals surface area contributed by atoms with E-state index in [0.29, 0.717) is 18.2 Å². The zero-order valence-corrected chi connectivity index (χ0v) is 14.0. The van der Waals surface area contributed by atoms with E-state index in [0.717, 1.165) is 31.5 Å². The van der Waals surface area contributed by atoms with E-state index in [2.05, 4.69) is 22.4 Å².